The minimum Gasteiger partial charge on any atom is -0.260 e. The van der Waals surface area contributed by atoms with E-state index in [-0.39, 0.29) is 5.69 Å². The van der Waals surface area contributed by atoms with Crippen LogP contribution in [0, 0.1) is 6.92 Å². The summed E-state index contributed by atoms with van der Waals surface area (Å²) in [6.45, 7) is 5.09. The molecule has 1 nitrogen and oxygen atoms in total. The van der Waals surface area contributed by atoms with Crippen LogP contribution >= 0.6 is 0 Å². The van der Waals surface area contributed by atoms with Crippen molar-refractivity contribution in [1.29, 1.82) is 0 Å². The molecule has 1 heterocycles. The topological polar surface area (TPSA) is 12.9 Å². The second kappa shape index (κ2) is 2.53. The molecule has 0 aliphatic heterocycles. The van der Waals surface area contributed by atoms with Crippen molar-refractivity contribution < 1.29 is 13.2 Å². The minimum atomic E-state index is -4.33. The molecule has 1 rings (SSSR count). The van der Waals surface area contributed by atoms with Gasteiger partial charge in [0.1, 0.15) is 0 Å². The Bertz CT molecular complexity index is 237. The van der Waals surface area contributed by atoms with E-state index in [0.29, 0.717) is 6.20 Å². The predicted molar refractivity (Wildman–Crippen MR) is 32.6 cm³/mol. The van der Waals surface area contributed by atoms with Crippen molar-refractivity contribution in [3.05, 3.63) is 36.5 Å². The first-order valence-corrected chi connectivity index (χ1v) is 2.79. The monoisotopic (exact) mass is 159 g/mol. The van der Waals surface area contributed by atoms with Gasteiger partial charge < -0.3 is 0 Å². The van der Waals surface area contributed by atoms with Gasteiger partial charge >= 0.3 is 6.18 Å². The fourth-order valence-electron chi connectivity index (χ4n) is 0.573. The number of halogens is 3. The standard InChI is InChI=1S/C7H4F3N/c1-5-2-3-6(4-11-5)7(8,9)10/h1-4H. The van der Waals surface area contributed by atoms with E-state index in [1.807, 2.05) is 0 Å². The fraction of sp³-hybridized carbons (Fsp3) is 0.143. The molecule has 0 spiro atoms. The highest BCUT2D eigenvalue weighted by molar-refractivity contribution is 5.17. The number of aromatic nitrogens is 1. The van der Waals surface area contributed by atoms with Crippen molar-refractivity contribution in [2.24, 2.45) is 0 Å². The van der Waals surface area contributed by atoms with Crippen molar-refractivity contribution in [3.8, 4) is 0 Å². The SMILES string of the molecule is [CH]c1ccc(C(F)(F)F)cn1. The Morgan fingerprint density at radius 3 is 2.27 bits per heavy atom. The fourth-order valence-corrected chi connectivity index (χ4v) is 0.573. The van der Waals surface area contributed by atoms with Crippen LogP contribution in [-0.4, -0.2) is 4.98 Å². The lowest BCUT2D eigenvalue weighted by Gasteiger charge is -2.04. The average Bonchev–Trinajstić information content (AvgIpc) is 1.86. The summed E-state index contributed by atoms with van der Waals surface area (Å²) in [6, 6.07) is 2.01. The van der Waals surface area contributed by atoms with Crippen LogP contribution in [-0.2, 0) is 6.18 Å². The Hall–Kier alpha value is -1.06. The van der Waals surface area contributed by atoms with Gasteiger partial charge in [-0.2, -0.15) is 13.2 Å². The summed E-state index contributed by atoms with van der Waals surface area (Å²) in [5.41, 5.74) is -0.704. The quantitative estimate of drug-likeness (QED) is 0.565. The molecule has 0 amide bonds. The smallest absolute Gasteiger partial charge is 0.260 e. The van der Waals surface area contributed by atoms with Gasteiger partial charge in [-0.15, -0.1) is 0 Å². The Labute approximate surface area is 61.9 Å². The number of nitrogens with zero attached hydrogens (tertiary/aromatic N) is 1. The highest BCUT2D eigenvalue weighted by Crippen LogP contribution is 2.28. The van der Waals surface area contributed by atoms with E-state index < -0.39 is 11.7 Å². The van der Waals surface area contributed by atoms with E-state index in [1.54, 1.807) is 0 Å². The summed E-state index contributed by atoms with van der Waals surface area (Å²) in [7, 11) is 0. The van der Waals surface area contributed by atoms with Gasteiger partial charge in [0, 0.05) is 18.8 Å². The van der Waals surface area contributed by atoms with Crippen LogP contribution in [0.4, 0.5) is 13.2 Å². The Morgan fingerprint density at radius 2 is 1.91 bits per heavy atom. The van der Waals surface area contributed by atoms with Crippen molar-refractivity contribution in [2.45, 2.75) is 6.18 Å². The summed E-state index contributed by atoms with van der Waals surface area (Å²) in [4.78, 5) is 3.30. The number of alkyl halides is 3. The molecule has 4 heteroatoms. The molecule has 0 saturated heterocycles. The molecule has 0 unspecified atom stereocenters. The van der Waals surface area contributed by atoms with Gasteiger partial charge in [0.2, 0.25) is 0 Å². The Balaban J connectivity index is 2.99. The number of hydrogen-bond donors (Lipinski definition) is 0. The van der Waals surface area contributed by atoms with Gasteiger partial charge in [0.05, 0.1) is 5.56 Å². The highest BCUT2D eigenvalue weighted by Gasteiger charge is 2.30. The van der Waals surface area contributed by atoms with Crippen molar-refractivity contribution in [3.63, 3.8) is 0 Å². The molecule has 0 aliphatic rings. The molecule has 2 radical (unpaired) electrons. The Morgan fingerprint density at radius 1 is 1.27 bits per heavy atom. The maximum absolute atomic E-state index is 11.8. The first-order valence-electron chi connectivity index (χ1n) is 2.79. The minimum absolute atomic E-state index is 0.0815. The van der Waals surface area contributed by atoms with Crippen LogP contribution in [0.3, 0.4) is 0 Å². The van der Waals surface area contributed by atoms with Crippen LogP contribution in [0.25, 0.3) is 0 Å². The second-order valence-corrected chi connectivity index (χ2v) is 1.97. The van der Waals surface area contributed by atoms with Crippen LogP contribution in [0.2, 0.25) is 0 Å². The molecular weight excluding hydrogens is 155 g/mol. The van der Waals surface area contributed by atoms with Gasteiger partial charge in [-0.1, -0.05) is 0 Å². The van der Waals surface area contributed by atoms with Gasteiger partial charge in [0.15, 0.2) is 0 Å². The van der Waals surface area contributed by atoms with E-state index in [9.17, 15) is 13.2 Å². The van der Waals surface area contributed by atoms with Crippen molar-refractivity contribution in [2.75, 3.05) is 0 Å². The summed E-state index contributed by atoms with van der Waals surface area (Å²) in [6.07, 6.45) is -3.63. The van der Waals surface area contributed by atoms with Crippen molar-refractivity contribution >= 4 is 0 Å². The molecule has 0 N–H and O–H groups in total. The molecule has 0 aliphatic carbocycles. The Kier molecular flexibility index (Phi) is 1.85. The lowest BCUT2D eigenvalue weighted by atomic mass is 10.2. The first-order chi connectivity index (χ1) is 5.00. The van der Waals surface area contributed by atoms with Crippen LogP contribution in [0.1, 0.15) is 11.3 Å². The summed E-state index contributed by atoms with van der Waals surface area (Å²) >= 11 is 0. The van der Waals surface area contributed by atoms with Gasteiger partial charge in [-0.3, -0.25) is 4.98 Å². The molecule has 0 aromatic carbocycles. The van der Waals surface area contributed by atoms with E-state index in [2.05, 4.69) is 4.98 Å². The number of hydrogen-bond acceptors (Lipinski definition) is 1. The predicted octanol–water partition coefficient (Wildman–Crippen LogP) is 2.16. The molecule has 0 bridgehead atoms. The number of pyridine rings is 1. The van der Waals surface area contributed by atoms with Gasteiger partial charge in [0.25, 0.3) is 0 Å². The molecule has 1 aromatic rings. The molecular formula is C7H4F3N. The van der Waals surface area contributed by atoms with E-state index >= 15 is 0 Å². The first kappa shape index (κ1) is 8.04. The zero-order valence-electron chi connectivity index (χ0n) is 5.39. The van der Waals surface area contributed by atoms with Crippen LogP contribution in [0.5, 0.6) is 0 Å². The van der Waals surface area contributed by atoms with Crippen LogP contribution in [0.15, 0.2) is 18.3 Å². The van der Waals surface area contributed by atoms with Crippen LogP contribution < -0.4 is 0 Å². The third kappa shape index (κ3) is 1.93. The summed E-state index contributed by atoms with van der Waals surface area (Å²) in [5.74, 6) is 0. The molecule has 0 atom stereocenters. The summed E-state index contributed by atoms with van der Waals surface area (Å²) in [5, 5.41) is 0. The van der Waals surface area contributed by atoms with E-state index in [4.69, 9.17) is 6.92 Å². The van der Waals surface area contributed by atoms with E-state index in [0.717, 1.165) is 12.1 Å². The molecule has 0 fully saturated rings. The average molecular weight is 159 g/mol. The highest BCUT2D eigenvalue weighted by atomic mass is 19.4. The largest absolute Gasteiger partial charge is 0.417 e. The van der Waals surface area contributed by atoms with E-state index in [1.165, 1.54) is 0 Å². The molecule has 0 saturated carbocycles. The van der Waals surface area contributed by atoms with Gasteiger partial charge in [-0.25, -0.2) is 0 Å². The third-order valence-electron chi connectivity index (χ3n) is 1.11. The molecule has 11 heavy (non-hydrogen) atoms. The third-order valence-corrected chi connectivity index (χ3v) is 1.11. The lowest BCUT2D eigenvalue weighted by molar-refractivity contribution is -0.137. The van der Waals surface area contributed by atoms with Gasteiger partial charge in [-0.05, 0) is 12.1 Å². The number of rotatable bonds is 0. The lowest BCUT2D eigenvalue weighted by Crippen LogP contribution is -2.05. The summed E-state index contributed by atoms with van der Waals surface area (Å²) < 4.78 is 35.5. The maximum Gasteiger partial charge on any atom is 0.417 e. The zero-order chi connectivity index (χ0) is 8.48. The zero-order valence-corrected chi connectivity index (χ0v) is 5.39. The molecule has 1 aromatic heterocycles. The maximum atomic E-state index is 11.8. The van der Waals surface area contributed by atoms with Crippen molar-refractivity contribution in [1.82, 2.24) is 4.98 Å². The molecule has 58 valence electrons. The second-order valence-electron chi connectivity index (χ2n) is 1.97. The normalized spacial score (nSPS) is 11.6.